The van der Waals surface area contributed by atoms with Crippen molar-refractivity contribution in [3.63, 3.8) is 0 Å². The van der Waals surface area contributed by atoms with Crippen LogP contribution in [0.3, 0.4) is 0 Å². The van der Waals surface area contributed by atoms with Gasteiger partial charge in [0.05, 0.1) is 5.92 Å². The Kier molecular flexibility index (Phi) is 12.8. The van der Waals surface area contributed by atoms with Gasteiger partial charge >= 0.3 is 5.97 Å². The quantitative estimate of drug-likeness (QED) is 0.106. The van der Waals surface area contributed by atoms with Gasteiger partial charge in [0.15, 0.2) is 5.96 Å². The lowest BCUT2D eigenvalue weighted by atomic mass is 9.95. The van der Waals surface area contributed by atoms with E-state index < -0.39 is 29.9 Å². The molecule has 230 valence electrons. The Labute approximate surface area is 249 Å². The standard InChI is InChI=1S/C32H47N5O5/c1-20(2)18-22-9-13-24(14-10-22)21(3)28(38)37-27(19-23-11-15-25(16-12-23)42-32(4,5)6)29(39)36-26(30(40)41)8-7-17-35-31(33)34/h9-16,20-21,26-27H,7-8,17-19H2,1-6H3,(H,36,39)(H,37,38)(H,40,41)(H4,33,34,35). The normalized spacial score (nSPS) is 13.5. The first kappa shape index (κ1) is 34.1. The van der Waals surface area contributed by atoms with Crippen LogP contribution >= 0.6 is 0 Å². The topological polar surface area (TPSA) is 167 Å². The molecule has 2 aromatic rings. The van der Waals surface area contributed by atoms with Gasteiger partial charge < -0.3 is 31.5 Å². The van der Waals surface area contributed by atoms with Gasteiger partial charge in [0.1, 0.15) is 23.4 Å². The van der Waals surface area contributed by atoms with E-state index in [9.17, 15) is 19.5 Å². The van der Waals surface area contributed by atoms with E-state index in [0.717, 1.165) is 17.5 Å². The summed E-state index contributed by atoms with van der Waals surface area (Å²) >= 11 is 0. The van der Waals surface area contributed by atoms with Gasteiger partial charge in [0.25, 0.3) is 0 Å². The summed E-state index contributed by atoms with van der Waals surface area (Å²) in [5.74, 6) is -1.65. The highest BCUT2D eigenvalue weighted by Crippen LogP contribution is 2.21. The Morgan fingerprint density at radius 1 is 0.881 bits per heavy atom. The molecule has 2 amide bonds. The van der Waals surface area contributed by atoms with Gasteiger partial charge in [-0.1, -0.05) is 50.2 Å². The highest BCUT2D eigenvalue weighted by molar-refractivity contribution is 5.92. The van der Waals surface area contributed by atoms with E-state index in [4.69, 9.17) is 15.9 Å². The third-order valence-electron chi connectivity index (χ3n) is 6.54. The van der Waals surface area contributed by atoms with E-state index in [-0.39, 0.29) is 30.3 Å². The van der Waals surface area contributed by atoms with Crippen LogP contribution < -0.4 is 26.4 Å². The number of carboxylic acids is 1. The fourth-order valence-electron chi connectivity index (χ4n) is 4.41. The number of aliphatic carboxylic acids is 1. The summed E-state index contributed by atoms with van der Waals surface area (Å²) in [5, 5.41) is 25.0. The number of nitrogens with one attached hydrogen (secondary N) is 4. The van der Waals surface area contributed by atoms with Crippen molar-refractivity contribution in [2.24, 2.45) is 11.7 Å². The van der Waals surface area contributed by atoms with Crippen LogP contribution in [-0.4, -0.2) is 53.1 Å². The molecule has 3 atom stereocenters. The van der Waals surface area contributed by atoms with E-state index in [2.05, 4.69) is 29.8 Å². The van der Waals surface area contributed by atoms with Crippen molar-refractivity contribution in [1.82, 2.24) is 16.0 Å². The second kappa shape index (κ2) is 15.8. The minimum Gasteiger partial charge on any atom is -0.488 e. The molecular weight excluding hydrogens is 534 g/mol. The first-order valence-corrected chi connectivity index (χ1v) is 14.4. The SMILES string of the molecule is CC(C)Cc1ccc(C(C)C(=O)NC(Cc2ccc(OC(C)(C)C)cc2)C(=O)NC(CCCNC(=N)N)C(=O)O)cc1. The van der Waals surface area contributed by atoms with Gasteiger partial charge in [-0.15, -0.1) is 0 Å². The Hall–Kier alpha value is -4.08. The zero-order valence-corrected chi connectivity index (χ0v) is 25.6. The maximum Gasteiger partial charge on any atom is 0.326 e. The molecule has 0 aliphatic rings. The Morgan fingerprint density at radius 2 is 1.43 bits per heavy atom. The number of carboxylic acid groups (broad SMARTS) is 1. The molecule has 0 saturated heterocycles. The predicted octanol–water partition coefficient (Wildman–Crippen LogP) is 3.73. The summed E-state index contributed by atoms with van der Waals surface area (Å²) in [6.07, 6.45) is 1.59. The number of rotatable bonds is 15. The molecule has 0 spiro atoms. The fraction of sp³-hybridized carbons (Fsp3) is 0.500. The third kappa shape index (κ3) is 12.2. The van der Waals surface area contributed by atoms with Gasteiger partial charge in [-0.05, 0) is 81.7 Å². The number of amides is 2. The number of carbonyl (C=O) groups is 3. The summed E-state index contributed by atoms with van der Waals surface area (Å²) in [6.45, 7) is 12.2. The Bertz CT molecular complexity index is 1190. The maximum atomic E-state index is 13.4. The molecule has 7 N–H and O–H groups in total. The number of hydrogen-bond acceptors (Lipinski definition) is 5. The first-order chi connectivity index (χ1) is 19.6. The maximum absolute atomic E-state index is 13.4. The Morgan fingerprint density at radius 3 is 1.95 bits per heavy atom. The van der Waals surface area contributed by atoms with Gasteiger partial charge in [0.2, 0.25) is 11.8 Å². The van der Waals surface area contributed by atoms with Crippen molar-refractivity contribution >= 4 is 23.7 Å². The van der Waals surface area contributed by atoms with Gasteiger partial charge in [-0.25, -0.2) is 4.79 Å². The summed E-state index contributed by atoms with van der Waals surface area (Å²) in [5.41, 5.74) is 7.70. The van der Waals surface area contributed by atoms with Crippen LogP contribution in [-0.2, 0) is 27.2 Å². The average Bonchev–Trinajstić information content (AvgIpc) is 2.89. The molecule has 3 unspecified atom stereocenters. The molecule has 10 nitrogen and oxygen atoms in total. The molecule has 0 aromatic heterocycles. The smallest absolute Gasteiger partial charge is 0.326 e. The molecule has 10 heteroatoms. The number of hydrogen-bond donors (Lipinski definition) is 6. The van der Waals surface area contributed by atoms with E-state index in [1.807, 2.05) is 57.2 Å². The zero-order valence-electron chi connectivity index (χ0n) is 25.6. The van der Waals surface area contributed by atoms with E-state index >= 15 is 0 Å². The summed E-state index contributed by atoms with van der Waals surface area (Å²) in [6, 6.07) is 13.0. The van der Waals surface area contributed by atoms with Crippen LogP contribution in [0, 0.1) is 11.3 Å². The van der Waals surface area contributed by atoms with Gasteiger partial charge in [-0.2, -0.15) is 0 Å². The molecule has 2 aromatic carbocycles. The summed E-state index contributed by atoms with van der Waals surface area (Å²) < 4.78 is 5.88. The summed E-state index contributed by atoms with van der Waals surface area (Å²) in [4.78, 5) is 38.7. The lowest BCUT2D eigenvalue weighted by Crippen LogP contribution is -2.53. The second-order valence-electron chi connectivity index (χ2n) is 12.1. The number of carbonyl (C=O) groups excluding carboxylic acids is 2. The molecule has 42 heavy (non-hydrogen) atoms. The zero-order chi connectivity index (χ0) is 31.4. The van der Waals surface area contributed by atoms with Crippen molar-refractivity contribution in [3.8, 4) is 5.75 Å². The number of nitrogens with two attached hydrogens (primary N) is 1. The molecule has 0 aliphatic heterocycles. The number of guanidine groups is 1. The van der Waals surface area contributed by atoms with Crippen molar-refractivity contribution in [2.75, 3.05) is 6.54 Å². The summed E-state index contributed by atoms with van der Waals surface area (Å²) in [7, 11) is 0. The van der Waals surface area contributed by atoms with E-state index in [1.54, 1.807) is 19.1 Å². The minimum atomic E-state index is -1.19. The Balaban J connectivity index is 2.21. The number of ether oxygens (including phenoxy) is 1. The third-order valence-corrected chi connectivity index (χ3v) is 6.54. The molecule has 0 bridgehead atoms. The van der Waals surface area contributed by atoms with Crippen molar-refractivity contribution < 1.29 is 24.2 Å². The second-order valence-corrected chi connectivity index (χ2v) is 12.1. The lowest BCUT2D eigenvalue weighted by Gasteiger charge is -2.24. The minimum absolute atomic E-state index is 0.125. The van der Waals surface area contributed by atoms with E-state index in [0.29, 0.717) is 24.6 Å². The van der Waals surface area contributed by atoms with Crippen LogP contribution in [0.4, 0.5) is 0 Å². The van der Waals surface area contributed by atoms with Gasteiger partial charge in [-0.3, -0.25) is 15.0 Å². The molecule has 0 radical (unpaired) electrons. The van der Waals surface area contributed by atoms with Crippen LogP contribution in [0.25, 0.3) is 0 Å². The highest BCUT2D eigenvalue weighted by atomic mass is 16.5. The highest BCUT2D eigenvalue weighted by Gasteiger charge is 2.28. The largest absolute Gasteiger partial charge is 0.488 e. The molecule has 0 aliphatic carbocycles. The monoisotopic (exact) mass is 581 g/mol. The van der Waals surface area contributed by atoms with Crippen LogP contribution in [0.5, 0.6) is 5.75 Å². The molecule has 0 fully saturated rings. The van der Waals surface area contributed by atoms with Gasteiger partial charge in [0, 0.05) is 13.0 Å². The van der Waals surface area contributed by atoms with Crippen molar-refractivity contribution in [3.05, 3.63) is 65.2 Å². The lowest BCUT2D eigenvalue weighted by molar-refractivity contribution is -0.142. The van der Waals surface area contributed by atoms with E-state index in [1.165, 1.54) is 5.56 Å². The number of benzene rings is 2. The predicted molar refractivity (Wildman–Crippen MR) is 165 cm³/mol. The fourth-order valence-corrected chi connectivity index (χ4v) is 4.41. The molecule has 0 saturated carbocycles. The van der Waals surface area contributed by atoms with Crippen LogP contribution in [0.1, 0.15) is 77.0 Å². The van der Waals surface area contributed by atoms with Crippen molar-refractivity contribution in [1.29, 1.82) is 5.41 Å². The first-order valence-electron chi connectivity index (χ1n) is 14.4. The van der Waals surface area contributed by atoms with Crippen LogP contribution in [0.2, 0.25) is 0 Å². The molecule has 0 heterocycles. The average molecular weight is 582 g/mol. The van der Waals surface area contributed by atoms with Crippen molar-refractivity contribution in [2.45, 2.75) is 90.8 Å². The molecule has 2 rings (SSSR count). The molecular formula is C32H47N5O5. The van der Waals surface area contributed by atoms with Crippen LogP contribution in [0.15, 0.2) is 48.5 Å².